The van der Waals surface area contributed by atoms with Gasteiger partial charge in [0.25, 0.3) is 0 Å². The fourth-order valence-corrected chi connectivity index (χ4v) is 1.93. The molecular weight excluding hydrogens is 254 g/mol. The minimum Gasteiger partial charge on any atom is -0.290 e. The van der Waals surface area contributed by atoms with Crippen LogP contribution in [0.25, 0.3) is 5.82 Å². The van der Waals surface area contributed by atoms with Crippen molar-refractivity contribution < 1.29 is 0 Å². The molecule has 0 aliphatic heterocycles. The molecule has 0 spiro atoms. The summed E-state index contributed by atoms with van der Waals surface area (Å²) in [5.41, 5.74) is 1.19. The molecule has 0 amide bonds. The molecule has 1 fully saturated rings. The fraction of sp³-hybridized carbons (Fsp3) is 0.273. The minimum atomic E-state index is 0.693. The molecule has 0 unspecified atom stereocenters. The van der Waals surface area contributed by atoms with E-state index in [0.29, 0.717) is 5.92 Å². The van der Waals surface area contributed by atoms with Gasteiger partial charge >= 0.3 is 0 Å². The predicted molar refractivity (Wildman–Crippen MR) is 61.0 cm³/mol. The van der Waals surface area contributed by atoms with E-state index in [9.17, 15) is 0 Å². The normalized spacial score (nSPS) is 15.5. The average Bonchev–Trinajstić information content (AvgIpc) is 2.97. The first-order chi connectivity index (χ1) is 7.33. The summed E-state index contributed by atoms with van der Waals surface area (Å²) in [7, 11) is 0. The molecule has 2 aromatic heterocycles. The molecule has 0 N–H and O–H groups in total. The molecule has 4 heteroatoms. The Labute approximate surface area is 96.3 Å². The zero-order chi connectivity index (χ0) is 10.3. The summed E-state index contributed by atoms with van der Waals surface area (Å²) in [6, 6.07) is 5.87. The van der Waals surface area contributed by atoms with Crippen molar-refractivity contribution in [3.63, 3.8) is 0 Å². The van der Waals surface area contributed by atoms with Gasteiger partial charge < -0.3 is 0 Å². The third kappa shape index (κ3) is 1.81. The molecule has 0 atom stereocenters. The molecule has 1 aliphatic rings. The lowest BCUT2D eigenvalue weighted by Crippen LogP contribution is -1.93. The Bertz CT molecular complexity index is 488. The molecule has 15 heavy (non-hydrogen) atoms. The van der Waals surface area contributed by atoms with Gasteiger partial charge in [-0.3, -0.25) is 4.57 Å². The van der Waals surface area contributed by atoms with Gasteiger partial charge in [-0.05, 0) is 40.9 Å². The Morgan fingerprint density at radius 3 is 2.93 bits per heavy atom. The Balaban J connectivity index is 1.97. The quantitative estimate of drug-likeness (QED) is 0.781. The van der Waals surface area contributed by atoms with E-state index in [1.165, 1.54) is 18.5 Å². The van der Waals surface area contributed by atoms with E-state index in [0.717, 1.165) is 10.4 Å². The first kappa shape index (κ1) is 9.09. The lowest BCUT2D eigenvalue weighted by Gasteiger charge is -1.99. The topological polar surface area (TPSA) is 30.7 Å². The van der Waals surface area contributed by atoms with Crippen molar-refractivity contribution in [1.82, 2.24) is 14.5 Å². The van der Waals surface area contributed by atoms with Gasteiger partial charge in [0.05, 0.1) is 5.69 Å². The third-order valence-corrected chi connectivity index (χ3v) is 3.00. The van der Waals surface area contributed by atoms with Gasteiger partial charge in [-0.1, -0.05) is 6.07 Å². The Kier molecular flexibility index (Phi) is 2.09. The highest BCUT2D eigenvalue weighted by Crippen LogP contribution is 2.39. The second kappa shape index (κ2) is 3.45. The smallest absolute Gasteiger partial charge is 0.139 e. The highest BCUT2D eigenvalue weighted by atomic mass is 79.9. The summed E-state index contributed by atoms with van der Waals surface area (Å²) in [5.74, 6) is 1.60. The highest BCUT2D eigenvalue weighted by Gasteiger charge is 2.25. The summed E-state index contributed by atoms with van der Waals surface area (Å²) >= 11 is 3.36. The van der Waals surface area contributed by atoms with E-state index in [1.54, 1.807) is 0 Å². The monoisotopic (exact) mass is 263 g/mol. The molecule has 76 valence electrons. The van der Waals surface area contributed by atoms with Crippen molar-refractivity contribution in [2.24, 2.45) is 0 Å². The van der Waals surface area contributed by atoms with Crippen LogP contribution in [0.2, 0.25) is 0 Å². The second-order valence-electron chi connectivity index (χ2n) is 3.80. The van der Waals surface area contributed by atoms with E-state index >= 15 is 0 Å². The lowest BCUT2D eigenvalue weighted by molar-refractivity contribution is 0.983. The van der Waals surface area contributed by atoms with Crippen LogP contribution in [0.4, 0.5) is 0 Å². The summed E-state index contributed by atoms with van der Waals surface area (Å²) in [6.07, 6.45) is 6.47. The molecule has 0 radical (unpaired) electrons. The number of halogens is 1. The number of hydrogen-bond acceptors (Lipinski definition) is 2. The van der Waals surface area contributed by atoms with Crippen molar-refractivity contribution in [3.8, 4) is 5.82 Å². The highest BCUT2D eigenvalue weighted by molar-refractivity contribution is 9.10. The SMILES string of the molecule is Brc1cccc(-n2cnc(C3CC3)c2)n1. The van der Waals surface area contributed by atoms with Crippen molar-refractivity contribution in [2.45, 2.75) is 18.8 Å². The number of rotatable bonds is 2. The molecular formula is C11H10BrN3. The number of nitrogens with zero attached hydrogens (tertiary/aromatic N) is 3. The first-order valence-electron chi connectivity index (χ1n) is 5.00. The molecule has 0 aromatic carbocycles. The van der Waals surface area contributed by atoms with Crippen LogP contribution in [0.3, 0.4) is 0 Å². The van der Waals surface area contributed by atoms with Gasteiger partial charge in [-0.2, -0.15) is 0 Å². The Morgan fingerprint density at radius 1 is 1.33 bits per heavy atom. The molecule has 2 aromatic rings. The van der Waals surface area contributed by atoms with E-state index in [4.69, 9.17) is 0 Å². The van der Waals surface area contributed by atoms with Crippen molar-refractivity contribution in [2.75, 3.05) is 0 Å². The van der Waals surface area contributed by atoms with E-state index in [1.807, 2.05) is 29.1 Å². The van der Waals surface area contributed by atoms with Gasteiger partial charge in [0.15, 0.2) is 0 Å². The van der Waals surface area contributed by atoms with Crippen molar-refractivity contribution in [3.05, 3.63) is 41.0 Å². The average molecular weight is 264 g/mol. The van der Waals surface area contributed by atoms with Gasteiger partial charge in [-0.25, -0.2) is 9.97 Å². The maximum absolute atomic E-state index is 4.39. The van der Waals surface area contributed by atoms with Crippen LogP contribution >= 0.6 is 15.9 Å². The van der Waals surface area contributed by atoms with Crippen LogP contribution in [0.5, 0.6) is 0 Å². The summed E-state index contributed by atoms with van der Waals surface area (Å²) < 4.78 is 2.82. The number of hydrogen-bond donors (Lipinski definition) is 0. The maximum Gasteiger partial charge on any atom is 0.139 e. The van der Waals surface area contributed by atoms with Gasteiger partial charge in [-0.15, -0.1) is 0 Å². The first-order valence-corrected chi connectivity index (χ1v) is 5.79. The molecule has 0 bridgehead atoms. The molecule has 3 nitrogen and oxygen atoms in total. The lowest BCUT2D eigenvalue weighted by atomic mass is 10.3. The summed E-state index contributed by atoms with van der Waals surface area (Å²) in [4.78, 5) is 8.77. The van der Waals surface area contributed by atoms with Crippen LogP contribution in [0, 0.1) is 0 Å². The third-order valence-electron chi connectivity index (χ3n) is 2.56. The Morgan fingerprint density at radius 2 is 2.20 bits per heavy atom. The van der Waals surface area contributed by atoms with Crippen molar-refractivity contribution in [1.29, 1.82) is 0 Å². The molecule has 2 heterocycles. The van der Waals surface area contributed by atoms with Crippen LogP contribution in [0.15, 0.2) is 35.3 Å². The maximum atomic E-state index is 4.39. The molecule has 1 aliphatic carbocycles. The van der Waals surface area contributed by atoms with Crippen LogP contribution in [0.1, 0.15) is 24.5 Å². The van der Waals surface area contributed by atoms with E-state index in [-0.39, 0.29) is 0 Å². The molecule has 1 saturated carbocycles. The van der Waals surface area contributed by atoms with E-state index in [2.05, 4.69) is 32.1 Å². The Hall–Kier alpha value is -1.16. The van der Waals surface area contributed by atoms with Gasteiger partial charge in [0.2, 0.25) is 0 Å². The summed E-state index contributed by atoms with van der Waals surface area (Å²) in [6.45, 7) is 0. The number of imidazole rings is 1. The number of aromatic nitrogens is 3. The number of pyridine rings is 1. The zero-order valence-electron chi connectivity index (χ0n) is 8.10. The standard InChI is InChI=1S/C11H10BrN3/c12-10-2-1-3-11(14-10)15-6-9(13-7-15)8-4-5-8/h1-3,6-8H,4-5H2. The van der Waals surface area contributed by atoms with Crippen LogP contribution in [-0.4, -0.2) is 14.5 Å². The minimum absolute atomic E-state index is 0.693. The van der Waals surface area contributed by atoms with Crippen LogP contribution < -0.4 is 0 Å². The van der Waals surface area contributed by atoms with Crippen molar-refractivity contribution >= 4 is 15.9 Å². The van der Waals surface area contributed by atoms with Gasteiger partial charge in [0, 0.05) is 12.1 Å². The van der Waals surface area contributed by atoms with E-state index < -0.39 is 0 Å². The van der Waals surface area contributed by atoms with Gasteiger partial charge in [0.1, 0.15) is 16.7 Å². The predicted octanol–water partition coefficient (Wildman–Crippen LogP) is 2.91. The molecule has 0 saturated heterocycles. The molecule has 3 rings (SSSR count). The summed E-state index contributed by atoms with van der Waals surface area (Å²) in [5, 5.41) is 0. The fourth-order valence-electron chi connectivity index (χ4n) is 1.59. The second-order valence-corrected chi connectivity index (χ2v) is 4.61. The largest absolute Gasteiger partial charge is 0.290 e. The van der Waals surface area contributed by atoms with Crippen LogP contribution in [-0.2, 0) is 0 Å². The zero-order valence-corrected chi connectivity index (χ0v) is 9.68.